The minimum Gasteiger partial charge on any atom is -0.459 e. The van der Waals surface area contributed by atoms with Crippen LogP contribution >= 0.6 is 0 Å². The first-order valence-electron chi connectivity index (χ1n) is 7.42. The summed E-state index contributed by atoms with van der Waals surface area (Å²) in [6.45, 7) is 3.08. The second-order valence-electron chi connectivity index (χ2n) is 5.51. The van der Waals surface area contributed by atoms with E-state index in [9.17, 15) is 15.0 Å². The average molecular weight is 336 g/mol. The van der Waals surface area contributed by atoms with E-state index in [0.717, 1.165) is 13.2 Å². The molecule has 5 N–H and O–H groups in total. The van der Waals surface area contributed by atoms with Gasteiger partial charge in [0, 0.05) is 17.6 Å². The number of esters is 1. The molecule has 136 valence electrons. The third kappa shape index (κ3) is 8.40. The van der Waals surface area contributed by atoms with E-state index in [-0.39, 0.29) is 18.8 Å². The first-order valence-corrected chi connectivity index (χ1v) is 7.42. The van der Waals surface area contributed by atoms with Crippen molar-refractivity contribution in [3.8, 4) is 0 Å². The third-order valence-corrected chi connectivity index (χ3v) is 3.49. The topological polar surface area (TPSA) is 140 Å². The molecule has 0 amide bonds. The molecule has 0 aromatic carbocycles. The van der Waals surface area contributed by atoms with E-state index < -0.39 is 43.2 Å². The van der Waals surface area contributed by atoms with Gasteiger partial charge in [0.2, 0.25) is 0 Å². The van der Waals surface area contributed by atoms with Crippen LogP contribution in [0, 0.1) is 11.3 Å². The summed E-state index contributed by atoms with van der Waals surface area (Å²) in [5.41, 5.74) is -0.994. The van der Waals surface area contributed by atoms with Crippen molar-refractivity contribution in [3.63, 3.8) is 0 Å². The lowest BCUT2D eigenvalue weighted by atomic mass is 9.76. The molecule has 1 aliphatic heterocycles. The van der Waals surface area contributed by atoms with Crippen LogP contribution in [-0.2, 0) is 14.3 Å². The van der Waals surface area contributed by atoms with E-state index >= 15 is 0 Å². The highest BCUT2D eigenvalue weighted by Gasteiger charge is 2.33. The Morgan fingerprint density at radius 3 is 2.09 bits per heavy atom. The van der Waals surface area contributed by atoms with Gasteiger partial charge in [-0.1, -0.05) is 13.0 Å². The summed E-state index contributed by atoms with van der Waals surface area (Å²) < 4.78 is 9.26. The van der Waals surface area contributed by atoms with Crippen molar-refractivity contribution in [1.29, 1.82) is 0 Å². The molecule has 2 unspecified atom stereocenters. The Kier molecular flexibility index (Phi) is 11.0. The van der Waals surface area contributed by atoms with E-state index in [1.54, 1.807) is 6.92 Å². The lowest BCUT2D eigenvalue weighted by Crippen LogP contribution is -2.37. The highest BCUT2D eigenvalue weighted by molar-refractivity contribution is 5.87. The molecule has 1 aliphatic rings. The summed E-state index contributed by atoms with van der Waals surface area (Å²) in [6, 6.07) is 0. The lowest BCUT2D eigenvalue weighted by molar-refractivity contribution is -0.142. The Labute approximate surface area is 136 Å². The molecular weight excluding hydrogens is 308 g/mol. The first-order chi connectivity index (χ1) is 10.9. The Morgan fingerprint density at radius 1 is 1.22 bits per heavy atom. The standard InChI is InChI=1S/C13H24O7.C2H4O/c1-9(12(19)20-6-11(18)5-15)3-13(7-16,8-17)10(2)4-14;1-2-3-1/h3,10-11,14-18H,4-8H2,1-2H3;1-2H2. The molecule has 2 atom stereocenters. The van der Waals surface area contributed by atoms with Gasteiger partial charge in [-0.3, -0.25) is 0 Å². The number of aliphatic hydroxyl groups excluding tert-OH is 5. The molecule has 8 heteroatoms. The number of rotatable bonds is 9. The molecule has 0 aromatic heterocycles. The highest BCUT2D eigenvalue weighted by atomic mass is 16.6. The maximum absolute atomic E-state index is 11.7. The van der Waals surface area contributed by atoms with E-state index in [2.05, 4.69) is 4.74 Å². The fraction of sp³-hybridized carbons (Fsp3) is 0.800. The minimum atomic E-state index is -1.15. The largest absolute Gasteiger partial charge is 0.459 e. The third-order valence-electron chi connectivity index (χ3n) is 3.49. The van der Waals surface area contributed by atoms with Crippen LogP contribution < -0.4 is 0 Å². The zero-order chi connectivity index (χ0) is 17.9. The number of carbonyl (C=O) groups excluding carboxylic acids is 1. The predicted octanol–water partition coefficient (Wildman–Crippen LogP) is -1.55. The molecular formula is C15H28O8. The van der Waals surface area contributed by atoms with E-state index in [0.29, 0.717) is 0 Å². The highest BCUT2D eigenvalue weighted by Crippen LogP contribution is 2.30. The maximum Gasteiger partial charge on any atom is 0.333 e. The number of ether oxygens (including phenoxy) is 2. The van der Waals surface area contributed by atoms with Gasteiger partial charge >= 0.3 is 5.97 Å². The van der Waals surface area contributed by atoms with Crippen LogP contribution in [0.25, 0.3) is 0 Å². The zero-order valence-electron chi connectivity index (χ0n) is 13.6. The number of hydrogen-bond acceptors (Lipinski definition) is 8. The van der Waals surface area contributed by atoms with Crippen molar-refractivity contribution in [3.05, 3.63) is 11.6 Å². The Bertz CT molecular complexity index is 360. The van der Waals surface area contributed by atoms with E-state index in [1.807, 2.05) is 0 Å². The van der Waals surface area contributed by atoms with Crippen LogP contribution in [0.3, 0.4) is 0 Å². The van der Waals surface area contributed by atoms with Gasteiger partial charge in [0.1, 0.15) is 12.7 Å². The summed E-state index contributed by atoms with van der Waals surface area (Å²) in [4.78, 5) is 11.7. The Balaban J connectivity index is 0.00000143. The normalized spacial score (nSPS) is 16.9. The van der Waals surface area contributed by atoms with Gasteiger partial charge in [-0.15, -0.1) is 0 Å². The minimum absolute atomic E-state index is 0.138. The lowest BCUT2D eigenvalue weighted by Gasteiger charge is -2.32. The molecule has 1 saturated heterocycles. The molecule has 0 aliphatic carbocycles. The van der Waals surface area contributed by atoms with E-state index in [4.69, 9.17) is 20.1 Å². The summed E-state index contributed by atoms with van der Waals surface area (Å²) in [5, 5.41) is 45.7. The van der Waals surface area contributed by atoms with Crippen molar-refractivity contribution in [1.82, 2.24) is 0 Å². The molecule has 0 saturated carbocycles. The number of hydrogen-bond donors (Lipinski definition) is 5. The second kappa shape index (κ2) is 11.5. The zero-order valence-corrected chi connectivity index (χ0v) is 13.6. The van der Waals surface area contributed by atoms with Crippen molar-refractivity contribution in [2.24, 2.45) is 11.3 Å². The molecule has 0 spiro atoms. The van der Waals surface area contributed by atoms with Gasteiger partial charge in [-0.25, -0.2) is 4.79 Å². The number of epoxide rings is 1. The van der Waals surface area contributed by atoms with Crippen molar-refractivity contribution in [2.45, 2.75) is 20.0 Å². The first kappa shape index (κ1) is 22.0. The fourth-order valence-electron chi connectivity index (χ4n) is 1.61. The summed E-state index contributed by atoms with van der Waals surface area (Å²) in [5.74, 6) is -1.18. The monoisotopic (exact) mass is 336 g/mol. The van der Waals surface area contributed by atoms with Crippen LogP contribution in [0.15, 0.2) is 11.6 Å². The van der Waals surface area contributed by atoms with Crippen molar-refractivity contribution >= 4 is 5.97 Å². The van der Waals surface area contributed by atoms with E-state index in [1.165, 1.54) is 13.0 Å². The second-order valence-corrected chi connectivity index (χ2v) is 5.51. The SMILES string of the molecule is C1CO1.CC(=CC(CO)(CO)C(C)CO)C(=O)OCC(O)CO. The molecule has 1 rings (SSSR count). The smallest absolute Gasteiger partial charge is 0.333 e. The Hall–Kier alpha value is -1.03. The van der Waals surface area contributed by atoms with Gasteiger partial charge < -0.3 is 35.0 Å². The molecule has 0 bridgehead atoms. The summed E-state index contributed by atoms with van der Waals surface area (Å²) in [7, 11) is 0. The molecule has 8 nitrogen and oxygen atoms in total. The molecule has 1 fully saturated rings. The van der Waals surface area contributed by atoms with Crippen LogP contribution in [0.4, 0.5) is 0 Å². The summed E-state index contributed by atoms with van der Waals surface area (Å²) >= 11 is 0. The van der Waals surface area contributed by atoms with Crippen LogP contribution in [0.5, 0.6) is 0 Å². The number of carbonyl (C=O) groups is 1. The van der Waals surface area contributed by atoms with Crippen molar-refractivity contribution < 1.29 is 39.8 Å². The van der Waals surface area contributed by atoms with Gasteiger partial charge in [-0.2, -0.15) is 0 Å². The predicted molar refractivity (Wildman–Crippen MR) is 81.5 cm³/mol. The molecule has 1 heterocycles. The van der Waals surface area contributed by atoms with Crippen LogP contribution in [0.1, 0.15) is 13.8 Å². The molecule has 0 aromatic rings. The van der Waals surface area contributed by atoms with Gasteiger partial charge in [0.05, 0.1) is 33.0 Å². The Morgan fingerprint density at radius 2 is 1.74 bits per heavy atom. The van der Waals surface area contributed by atoms with Crippen LogP contribution in [-0.4, -0.2) is 83.9 Å². The summed E-state index contributed by atoms with van der Waals surface area (Å²) in [6.07, 6.45) is 0.213. The number of aliphatic hydroxyl groups is 5. The quantitative estimate of drug-likeness (QED) is 0.194. The maximum atomic E-state index is 11.7. The van der Waals surface area contributed by atoms with Gasteiger partial charge in [-0.05, 0) is 12.8 Å². The average Bonchev–Trinajstić information content (AvgIpc) is 3.45. The molecule has 23 heavy (non-hydrogen) atoms. The molecule has 0 radical (unpaired) electrons. The van der Waals surface area contributed by atoms with Gasteiger partial charge in [0.15, 0.2) is 0 Å². The van der Waals surface area contributed by atoms with Gasteiger partial charge in [0.25, 0.3) is 0 Å². The van der Waals surface area contributed by atoms with Crippen LogP contribution in [0.2, 0.25) is 0 Å². The van der Waals surface area contributed by atoms with Crippen molar-refractivity contribution in [2.75, 3.05) is 46.2 Å². The fourth-order valence-corrected chi connectivity index (χ4v) is 1.61.